The van der Waals surface area contributed by atoms with Crippen LogP contribution in [0.25, 0.3) is 22.6 Å². The van der Waals surface area contributed by atoms with Gasteiger partial charge in [0.05, 0.1) is 17.7 Å². The summed E-state index contributed by atoms with van der Waals surface area (Å²) < 4.78 is 19.2. The summed E-state index contributed by atoms with van der Waals surface area (Å²) in [4.78, 5) is 18.8. The van der Waals surface area contributed by atoms with Gasteiger partial charge >= 0.3 is 0 Å². The summed E-state index contributed by atoms with van der Waals surface area (Å²) in [5.41, 5.74) is 6.53. The van der Waals surface area contributed by atoms with Gasteiger partial charge in [-0.1, -0.05) is 17.7 Å². The number of aromatic nitrogens is 2. The second-order valence-electron chi connectivity index (χ2n) is 5.00. The number of methoxy groups -OCH3 is 1. The van der Waals surface area contributed by atoms with Gasteiger partial charge in [-0.05, 0) is 36.4 Å². The van der Waals surface area contributed by atoms with Crippen molar-refractivity contribution in [3.05, 3.63) is 59.0 Å². The van der Waals surface area contributed by atoms with Crippen LogP contribution in [0.1, 0.15) is 10.5 Å². The number of benzene rings is 2. The molecule has 122 valence electrons. The Morgan fingerprint density at radius 1 is 1.25 bits per heavy atom. The highest BCUT2D eigenvalue weighted by Crippen LogP contribution is 2.32. The van der Waals surface area contributed by atoms with Gasteiger partial charge in [0, 0.05) is 5.56 Å². The molecule has 1 aromatic heterocycles. The van der Waals surface area contributed by atoms with Crippen LogP contribution in [-0.2, 0) is 0 Å². The molecule has 1 amide bonds. The van der Waals surface area contributed by atoms with Gasteiger partial charge < -0.3 is 15.5 Å². The third kappa shape index (κ3) is 2.83. The van der Waals surface area contributed by atoms with Crippen LogP contribution in [0.3, 0.4) is 0 Å². The molecule has 0 aliphatic carbocycles. The average Bonchev–Trinajstić information content (AvgIpc) is 3.00. The molecule has 0 saturated carbocycles. The van der Waals surface area contributed by atoms with Gasteiger partial charge in [-0.25, -0.2) is 9.37 Å². The van der Waals surface area contributed by atoms with E-state index in [1.165, 1.54) is 12.1 Å². The third-order valence-electron chi connectivity index (χ3n) is 3.51. The monoisotopic (exact) mass is 345 g/mol. The zero-order chi connectivity index (χ0) is 17.3. The molecule has 0 saturated heterocycles. The topological polar surface area (TPSA) is 81.0 Å². The maximum absolute atomic E-state index is 14.1. The minimum Gasteiger partial charge on any atom is -0.497 e. The molecule has 3 aromatic rings. The molecule has 0 fully saturated rings. The van der Waals surface area contributed by atoms with Crippen LogP contribution >= 0.6 is 11.6 Å². The molecule has 0 bridgehead atoms. The number of primary amides is 1. The van der Waals surface area contributed by atoms with Crippen molar-refractivity contribution in [2.45, 2.75) is 0 Å². The number of hydrogen-bond acceptors (Lipinski definition) is 3. The normalized spacial score (nSPS) is 10.6. The number of ether oxygens (including phenoxy) is 1. The van der Waals surface area contributed by atoms with E-state index in [9.17, 15) is 9.18 Å². The number of amides is 1. The summed E-state index contributed by atoms with van der Waals surface area (Å²) in [5, 5.41) is 0.182. The van der Waals surface area contributed by atoms with Gasteiger partial charge in [-0.15, -0.1) is 0 Å². The van der Waals surface area contributed by atoms with Crippen molar-refractivity contribution in [3.63, 3.8) is 0 Å². The summed E-state index contributed by atoms with van der Waals surface area (Å²) in [6, 6.07) is 11.2. The number of nitrogens with two attached hydrogens (primary N) is 1. The second kappa shape index (κ2) is 6.33. The van der Waals surface area contributed by atoms with Crippen LogP contribution < -0.4 is 10.5 Å². The Morgan fingerprint density at radius 2 is 1.96 bits per heavy atom. The maximum atomic E-state index is 14.1. The Labute approximate surface area is 142 Å². The van der Waals surface area contributed by atoms with Gasteiger partial charge in [0.25, 0.3) is 5.91 Å². The molecule has 5 nitrogen and oxygen atoms in total. The Balaban J connectivity index is 2.16. The van der Waals surface area contributed by atoms with Crippen LogP contribution in [0.5, 0.6) is 5.75 Å². The molecule has 24 heavy (non-hydrogen) atoms. The molecule has 0 radical (unpaired) electrons. The SMILES string of the molecule is COc1ccc(-c2nc(-c3c(F)cccc3Cl)[nH]c2C(N)=O)cc1. The molecule has 1 heterocycles. The van der Waals surface area contributed by atoms with Crippen molar-refractivity contribution in [1.82, 2.24) is 9.97 Å². The van der Waals surface area contributed by atoms with Gasteiger partial charge in [0.2, 0.25) is 0 Å². The minimum atomic E-state index is -0.702. The van der Waals surface area contributed by atoms with E-state index in [-0.39, 0.29) is 22.1 Å². The lowest BCUT2D eigenvalue weighted by Gasteiger charge is -2.02. The number of nitrogens with zero attached hydrogens (tertiary/aromatic N) is 1. The van der Waals surface area contributed by atoms with Gasteiger partial charge in [0.1, 0.15) is 28.8 Å². The number of nitrogens with one attached hydrogen (secondary N) is 1. The Bertz CT molecular complexity index is 886. The Kier molecular flexibility index (Phi) is 4.22. The molecule has 0 spiro atoms. The van der Waals surface area contributed by atoms with E-state index in [1.807, 2.05) is 0 Å². The summed E-state index contributed by atoms with van der Waals surface area (Å²) in [7, 11) is 1.55. The number of imidazole rings is 1. The number of H-pyrrole nitrogens is 1. The molecule has 0 aliphatic rings. The van der Waals surface area contributed by atoms with Crippen molar-refractivity contribution >= 4 is 17.5 Å². The predicted molar refractivity (Wildman–Crippen MR) is 89.5 cm³/mol. The lowest BCUT2D eigenvalue weighted by atomic mass is 10.1. The zero-order valence-corrected chi connectivity index (χ0v) is 13.4. The van der Waals surface area contributed by atoms with E-state index >= 15 is 0 Å². The molecular weight excluding hydrogens is 333 g/mol. The molecule has 0 atom stereocenters. The van der Waals surface area contributed by atoms with Crippen LogP contribution in [-0.4, -0.2) is 23.0 Å². The molecule has 0 unspecified atom stereocenters. The highest BCUT2D eigenvalue weighted by Gasteiger charge is 2.20. The van der Waals surface area contributed by atoms with E-state index in [0.29, 0.717) is 17.0 Å². The quantitative estimate of drug-likeness (QED) is 0.757. The number of hydrogen-bond donors (Lipinski definition) is 2. The first-order chi connectivity index (χ1) is 11.5. The van der Waals surface area contributed by atoms with Crippen molar-refractivity contribution in [3.8, 4) is 28.4 Å². The number of aromatic amines is 1. The van der Waals surface area contributed by atoms with Crippen molar-refractivity contribution in [2.24, 2.45) is 5.73 Å². The largest absolute Gasteiger partial charge is 0.497 e. The van der Waals surface area contributed by atoms with Gasteiger partial charge in [-0.2, -0.15) is 0 Å². The first-order valence-corrected chi connectivity index (χ1v) is 7.37. The van der Waals surface area contributed by atoms with Crippen molar-refractivity contribution in [1.29, 1.82) is 0 Å². The highest BCUT2D eigenvalue weighted by atomic mass is 35.5. The Hall–Kier alpha value is -2.86. The van der Waals surface area contributed by atoms with Gasteiger partial charge in [0.15, 0.2) is 0 Å². The fourth-order valence-electron chi connectivity index (χ4n) is 2.35. The smallest absolute Gasteiger partial charge is 0.267 e. The predicted octanol–water partition coefficient (Wildman–Crippen LogP) is 3.64. The zero-order valence-electron chi connectivity index (χ0n) is 12.6. The van der Waals surface area contributed by atoms with E-state index in [2.05, 4.69) is 9.97 Å². The number of carbonyl (C=O) groups is 1. The highest BCUT2D eigenvalue weighted by molar-refractivity contribution is 6.33. The van der Waals surface area contributed by atoms with Gasteiger partial charge in [-0.3, -0.25) is 4.79 Å². The van der Waals surface area contributed by atoms with E-state index in [1.54, 1.807) is 37.4 Å². The molecular formula is C17H13ClFN3O2. The fraction of sp³-hybridized carbons (Fsp3) is 0.0588. The van der Waals surface area contributed by atoms with Crippen LogP contribution in [0.4, 0.5) is 4.39 Å². The maximum Gasteiger partial charge on any atom is 0.267 e. The molecule has 3 rings (SSSR count). The summed E-state index contributed by atoms with van der Waals surface area (Å²) in [6.07, 6.45) is 0. The summed E-state index contributed by atoms with van der Waals surface area (Å²) in [6.45, 7) is 0. The first kappa shape index (κ1) is 16.0. The van der Waals surface area contributed by atoms with Crippen LogP contribution in [0.2, 0.25) is 5.02 Å². The lowest BCUT2D eigenvalue weighted by Crippen LogP contribution is -2.12. The third-order valence-corrected chi connectivity index (χ3v) is 3.83. The molecule has 0 aliphatic heterocycles. The molecule has 7 heteroatoms. The average molecular weight is 346 g/mol. The standard InChI is InChI=1S/C17H13ClFN3O2/c1-24-10-7-5-9(6-8-10)14-15(16(20)23)22-17(21-14)13-11(18)3-2-4-12(13)19/h2-8H,1H3,(H2,20,23)(H,21,22). The Morgan fingerprint density at radius 3 is 2.54 bits per heavy atom. The summed E-state index contributed by atoms with van der Waals surface area (Å²) in [5.74, 6) is -0.453. The summed E-state index contributed by atoms with van der Waals surface area (Å²) >= 11 is 6.06. The van der Waals surface area contributed by atoms with E-state index in [0.717, 1.165) is 0 Å². The van der Waals surface area contributed by atoms with Crippen LogP contribution in [0.15, 0.2) is 42.5 Å². The van der Waals surface area contributed by atoms with Crippen molar-refractivity contribution < 1.29 is 13.9 Å². The molecule has 2 aromatic carbocycles. The first-order valence-electron chi connectivity index (χ1n) is 7.00. The molecule has 3 N–H and O–H groups in total. The minimum absolute atomic E-state index is 0.0782. The van der Waals surface area contributed by atoms with Crippen LogP contribution in [0, 0.1) is 5.82 Å². The van der Waals surface area contributed by atoms with E-state index < -0.39 is 11.7 Å². The number of halogens is 2. The fourth-order valence-corrected chi connectivity index (χ4v) is 2.60. The number of carbonyl (C=O) groups excluding carboxylic acids is 1. The number of rotatable bonds is 4. The van der Waals surface area contributed by atoms with Crippen molar-refractivity contribution in [2.75, 3.05) is 7.11 Å². The van der Waals surface area contributed by atoms with E-state index in [4.69, 9.17) is 22.1 Å². The lowest BCUT2D eigenvalue weighted by molar-refractivity contribution is 0.0997. The second-order valence-corrected chi connectivity index (χ2v) is 5.41.